The van der Waals surface area contributed by atoms with Crippen molar-refractivity contribution in [3.05, 3.63) is 34.7 Å². The molecule has 2 rings (SSSR count). The fraction of sp³-hybridized carbons (Fsp3) is 0.476. The zero-order valence-corrected chi connectivity index (χ0v) is 21.8. The van der Waals surface area contributed by atoms with Gasteiger partial charge in [0.1, 0.15) is 0 Å². The van der Waals surface area contributed by atoms with Crippen molar-refractivity contribution in [2.24, 2.45) is 0 Å². The molecule has 1 heterocycles. The molecule has 0 bridgehead atoms. The molecule has 0 aliphatic carbocycles. The Morgan fingerprint density at radius 2 is 1.50 bits per heavy atom. The first-order valence-electron chi connectivity index (χ1n) is 10.5. The molecule has 1 amide bonds. The van der Waals surface area contributed by atoms with E-state index in [0.717, 1.165) is 23.5 Å². The Morgan fingerprint density at radius 3 is 1.97 bits per heavy atom. The van der Waals surface area contributed by atoms with Gasteiger partial charge in [0.25, 0.3) is 5.91 Å². The number of benzene rings is 1. The average molecular weight is 553 g/mol. The van der Waals surface area contributed by atoms with Crippen LogP contribution in [0.5, 0.6) is 0 Å². The molecule has 11 nitrogen and oxygen atoms in total. The molecule has 1 N–H and O–H groups in total. The monoisotopic (exact) mass is 553 g/mol. The third-order valence-corrected chi connectivity index (χ3v) is 7.07. The van der Waals surface area contributed by atoms with E-state index in [4.69, 9.17) is 9.05 Å². The lowest BCUT2D eigenvalue weighted by Gasteiger charge is -2.26. The number of carbonyl (C=O) groups excluding carboxylic acids is 3. The standard InChI is InChI=1S/C21H26F2NO10PS/c1-12(2)33-19(26)29-10-31-35(28,32-11-30-20(27)34-13(3)4)21(22,23)15-6-7-16-14(8-15)9-17(36-16)18(25)24-5/h6-9,12-13H,10-11H2,1-5H3,(H,24,25). The second kappa shape index (κ2) is 12.4. The molecule has 0 fully saturated rings. The Hall–Kier alpha value is -2.80. The maximum atomic E-state index is 15.5. The topological polar surface area (TPSA) is 136 Å². The van der Waals surface area contributed by atoms with Gasteiger partial charge in [-0.3, -0.25) is 18.4 Å². The zero-order valence-electron chi connectivity index (χ0n) is 20.1. The van der Waals surface area contributed by atoms with E-state index in [1.807, 2.05) is 0 Å². The van der Waals surface area contributed by atoms with Gasteiger partial charge in [0.15, 0.2) is 0 Å². The summed E-state index contributed by atoms with van der Waals surface area (Å²) in [5.74, 6) is -0.405. The van der Waals surface area contributed by atoms with Gasteiger partial charge in [-0.15, -0.1) is 11.3 Å². The van der Waals surface area contributed by atoms with Crippen LogP contribution < -0.4 is 5.32 Å². The summed E-state index contributed by atoms with van der Waals surface area (Å²) in [5.41, 5.74) is -5.08. The maximum absolute atomic E-state index is 15.5. The van der Waals surface area contributed by atoms with Crippen molar-refractivity contribution in [2.75, 3.05) is 20.6 Å². The van der Waals surface area contributed by atoms with Gasteiger partial charge < -0.3 is 24.3 Å². The first kappa shape index (κ1) is 29.4. The highest BCUT2D eigenvalue weighted by Crippen LogP contribution is 2.67. The van der Waals surface area contributed by atoms with Crippen LogP contribution in [0, 0.1) is 0 Å². The summed E-state index contributed by atoms with van der Waals surface area (Å²) < 4.78 is 72.6. The van der Waals surface area contributed by atoms with Gasteiger partial charge in [-0.1, -0.05) is 6.07 Å². The molecule has 0 spiro atoms. The van der Waals surface area contributed by atoms with Crippen LogP contribution in [0.15, 0.2) is 24.3 Å². The van der Waals surface area contributed by atoms with E-state index in [0.29, 0.717) is 4.70 Å². The highest BCUT2D eigenvalue weighted by Gasteiger charge is 2.56. The first-order valence-corrected chi connectivity index (χ1v) is 12.8. The van der Waals surface area contributed by atoms with Crippen LogP contribution in [0.2, 0.25) is 0 Å². The Morgan fingerprint density at radius 1 is 0.972 bits per heavy atom. The summed E-state index contributed by atoms with van der Waals surface area (Å²) in [6, 6.07) is 4.70. The second-order valence-electron chi connectivity index (χ2n) is 7.60. The highest BCUT2D eigenvalue weighted by atomic mass is 32.1. The van der Waals surface area contributed by atoms with Gasteiger partial charge in [-0.2, -0.15) is 8.78 Å². The molecule has 1 aromatic carbocycles. The lowest BCUT2D eigenvalue weighted by atomic mass is 10.1. The molecule has 0 saturated carbocycles. The number of rotatable bonds is 11. The third-order valence-electron chi connectivity index (χ3n) is 4.12. The lowest BCUT2D eigenvalue weighted by molar-refractivity contribution is -0.0527. The van der Waals surface area contributed by atoms with Crippen LogP contribution in [0.3, 0.4) is 0 Å². The molecular weight excluding hydrogens is 527 g/mol. The van der Waals surface area contributed by atoms with Crippen molar-refractivity contribution in [1.29, 1.82) is 0 Å². The number of thiophene rings is 1. The van der Waals surface area contributed by atoms with Crippen LogP contribution in [0.1, 0.15) is 42.9 Å². The van der Waals surface area contributed by atoms with E-state index in [2.05, 4.69) is 24.3 Å². The SMILES string of the molecule is CNC(=O)c1cc2cc(C(F)(F)P(=O)(OCOC(=O)OC(C)C)OCOC(=O)OC(C)C)ccc2s1. The summed E-state index contributed by atoms with van der Waals surface area (Å²) in [5, 5.41) is 2.71. The van der Waals surface area contributed by atoms with E-state index < -0.39 is 62.8 Å². The largest absolute Gasteiger partial charge is 0.510 e. The first-order chi connectivity index (χ1) is 16.8. The van der Waals surface area contributed by atoms with Crippen LogP contribution in [0.25, 0.3) is 10.1 Å². The third kappa shape index (κ3) is 7.60. The number of hydrogen-bond acceptors (Lipinski definition) is 11. The smallest absolute Gasteiger partial charge is 0.432 e. The Balaban J connectivity index is 2.29. The molecule has 0 unspecified atom stereocenters. The molecule has 200 valence electrons. The number of nitrogens with one attached hydrogen (secondary N) is 1. The molecule has 2 aromatic rings. The fourth-order valence-electron chi connectivity index (χ4n) is 2.56. The van der Waals surface area contributed by atoms with Crippen molar-refractivity contribution in [2.45, 2.75) is 45.6 Å². The Kier molecular flexibility index (Phi) is 10.2. The van der Waals surface area contributed by atoms with Gasteiger partial charge in [0.2, 0.25) is 13.6 Å². The van der Waals surface area contributed by atoms with Crippen LogP contribution in [-0.2, 0) is 38.2 Å². The summed E-state index contributed by atoms with van der Waals surface area (Å²) in [4.78, 5) is 35.2. The maximum Gasteiger partial charge on any atom is 0.510 e. The molecule has 0 aliphatic heterocycles. The van der Waals surface area contributed by atoms with Crippen LogP contribution in [-0.4, -0.2) is 51.1 Å². The van der Waals surface area contributed by atoms with Crippen molar-refractivity contribution >= 4 is 47.2 Å². The molecule has 0 aliphatic rings. The number of amides is 1. The predicted octanol–water partition coefficient (Wildman–Crippen LogP) is 5.57. The quantitative estimate of drug-likeness (QED) is 0.214. The number of halogens is 2. The number of ether oxygens (including phenoxy) is 4. The Labute approximate surface area is 209 Å². The normalized spacial score (nSPS) is 12.0. The number of fused-ring (bicyclic) bond motifs is 1. The zero-order chi connectivity index (χ0) is 27.1. The van der Waals surface area contributed by atoms with Crippen molar-refractivity contribution in [3.8, 4) is 0 Å². The molecular formula is C21H26F2NO10PS. The fourth-order valence-corrected chi connectivity index (χ4v) is 4.79. The van der Waals surface area contributed by atoms with Crippen LogP contribution in [0.4, 0.5) is 18.4 Å². The van der Waals surface area contributed by atoms with Crippen molar-refractivity contribution < 1.29 is 55.7 Å². The minimum Gasteiger partial charge on any atom is -0.432 e. The lowest BCUT2D eigenvalue weighted by Crippen LogP contribution is -2.22. The van der Waals surface area contributed by atoms with E-state index in [-0.39, 0.29) is 10.3 Å². The van der Waals surface area contributed by atoms with Crippen molar-refractivity contribution in [1.82, 2.24) is 5.32 Å². The molecule has 1 aromatic heterocycles. The van der Waals surface area contributed by atoms with E-state index in [9.17, 15) is 18.9 Å². The van der Waals surface area contributed by atoms with Gasteiger partial charge in [0.05, 0.1) is 17.1 Å². The van der Waals surface area contributed by atoms with Gasteiger partial charge in [-0.25, -0.2) is 9.59 Å². The van der Waals surface area contributed by atoms with Gasteiger partial charge in [0, 0.05) is 17.3 Å². The van der Waals surface area contributed by atoms with Gasteiger partial charge >= 0.3 is 25.6 Å². The predicted molar refractivity (Wildman–Crippen MR) is 124 cm³/mol. The van der Waals surface area contributed by atoms with E-state index >= 15 is 8.78 Å². The summed E-state index contributed by atoms with van der Waals surface area (Å²) in [6.45, 7) is 3.66. The number of hydrogen-bond donors (Lipinski definition) is 1. The molecule has 0 atom stereocenters. The van der Waals surface area contributed by atoms with E-state index in [1.54, 1.807) is 0 Å². The highest BCUT2D eigenvalue weighted by molar-refractivity contribution is 7.54. The molecule has 15 heteroatoms. The average Bonchev–Trinajstić information content (AvgIpc) is 3.21. The van der Waals surface area contributed by atoms with Crippen molar-refractivity contribution in [3.63, 3.8) is 0 Å². The molecule has 0 radical (unpaired) electrons. The summed E-state index contributed by atoms with van der Waals surface area (Å²) in [6.07, 6.45) is -3.64. The minimum atomic E-state index is -5.50. The molecule has 36 heavy (non-hydrogen) atoms. The van der Waals surface area contributed by atoms with E-state index in [1.165, 1.54) is 46.9 Å². The van der Waals surface area contributed by atoms with Crippen LogP contribution >= 0.6 is 18.9 Å². The minimum absolute atomic E-state index is 0.274. The Bertz CT molecular complexity index is 1110. The molecule has 0 saturated heterocycles. The summed E-state index contributed by atoms with van der Waals surface area (Å²) >= 11 is 1.07. The number of alkyl halides is 2. The summed E-state index contributed by atoms with van der Waals surface area (Å²) in [7, 11) is -4.07. The number of carbonyl (C=O) groups is 3. The van der Waals surface area contributed by atoms with Gasteiger partial charge in [-0.05, 0) is 51.3 Å². The second-order valence-corrected chi connectivity index (χ2v) is 10.8.